The maximum atomic E-state index is 6.96. The van der Waals surface area contributed by atoms with Crippen LogP contribution in [0.4, 0.5) is 0 Å². The first kappa shape index (κ1) is 2.27. The van der Waals surface area contributed by atoms with Gasteiger partial charge in [0.15, 0.2) is 0 Å². The molecular formula is C5H7NS. The van der Waals surface area contributed by atoms with Crippen molar-refractivity contribution in [2.75, 3.05) is 0 Å². The molecule has 1 aromatic heterocycles. The van der Waals surface area contributed by atoms with Gasteiger partial charge in [0, 0.05) is 15.2 Å². The molecule has 0 fully saturated rings. The summed E-state index contributed by atoms with van der Waals surface area (Å²) in [5.41, 5.74) is 0.204. The van der Waals surface area contributed by atoms with Crippen molar-refractivity contribution in [3.63, 3.8) is 0 Å². The van der Waals surface area contributed by atoms with Crippen LogP contribution >= 0.6 is 11.3 Å². The lowest BCUT2D eigenvalue weighted by atomic mass is 10.6. The molecule has 0 bridgehead atoms. The highest BCUT2D eigenvalue weighted by molar-refractivity contribution is 7.09. The van der Waals surface area contributed by atoms with Gasteiger partial charge in [0.25, 0.3) is 0 Å². The van der Waals surface area contributed by atoms with Gasteiger partial charge >= 0.3 is 0 Å². The Labute approximate surface area is 51.2 Å². The molecule has 0 unspecified atom stereocenters. The SMILES string of the molecule is [2H]C([2H])([2H])c1csc(C)n1. The lowest BCUT2D eigenvalue weighted by Crippen LogP contribution is -1.67. The topological polar surface area (TPSA) is 12.9 Å². The molecule has 0 amide bonds. The molecule has 1 nitrogen and oxygen atoms in total. The summed E-state index contributed by atoms with van der Waals surface area (Å²) in [5, 5.41) is 2.37. The zero-order valence-electron chi connectivity index (χ0n) is 6.93. The van der Waals surface area contributed by atoms with Crippen LogP contribution in [0.3, 0.4) is 0 Å². The lowest BCUT2D eigenvalue weighted by Gasteiger charge is -1.71. The number of nitrogens with zero attached hydrogens (tertiary/aromatic N) is 1. The van der Waals surface area contributed by atoms with Gasteiger partial charge in [-0.2, -0.15) is 0 Å². The molecule has 38 valence electrons. The second-order valence-corrected chi connectivity index (χ2v) is 2.31. The standard InChI is InChI=1S/C5H7NS/c1-4-3-7-5(2)6-4/h3H,1-2H3/i1D3. The van der Waals surface area contributed by atoms with E-state index in [-0.39, 0.29) is 5.69 Å². The number of aryl methyl sites for hydroxylation is 2. The first-order valence-electron chi connectivity index (χ1n) is 3.43. The minimum Gasteiger partial charge on any atom is -0.247 e. The van der Waals surface area contributed by atoms with Crippen molar-refractivity contribution in [1.82, 2.24) is 4.98 Å². The van der Waals surface area contributed by atoms with Crippen molar-refractivity contribution < 1.29 is 4.11 Å². The first-order valence-corrected chi connectivity index (χ1v) is 2.81. The highest BCUT2D eigenvalue weighted by atomic mass is 32.1. The average Bonchev–Trinajstić information content (AvgIpc) is 2.11. The minimum absolute atomic E-state index is 0.204. The number of hydrogen-bond acceptors (Lipinski definition) is 2. The Morgan fingerprint density at radius 1 is 2.00 bits per heavy atom. The third-order valence-corrected chi connectivity index (χ3v) is 1.39. The Bertz CT molecular complexity index is 227. The molecule has 0 aliphatic carbocycles. The van der Waals surface area contributed by atoms with Gasteiger partial charge in [-0.1, -0.05) is 0 Å². The summed E-state index contributed by atoms with van der Waals surface area (Å²) in [7, 11) is 0. The van der Waals surface area contributed by atoms with Crippen LogP contribution in [0.1, 0.15) is 14.8 Å². The Morgan fingerprint density at radius 3 is 3.14 bits per heavy atom. The summed E-state index contributed by atoms with van der Waals surface area (Å²) >= 11 is 1.36. The molecule has 0 N–H and O–H groups in total. The average molecular weight is 116 g/mol. The van der Waals surface area contributed by atoms with Crippen LogP contribution in [0.5, 0.6) is 0 Å². The van der Waals surface area contributed by atoms with Crippen molar-refractivity contribution in [3.8, 4) is 0 Å². The number of hydrogen-bond donors (Lipinski definition) is 0. The fourth-order valence-electron chi connectivity index (χ4n) is 0.363. The molecule has 1 aromatic rings. The van der Waals surface area contributed by atoms with Crippen molar-refractivity contribution in [2.24, 2.45) is 0 Å². The van der Waals surface area contributed by atoms with E-state index >= 15 is 0 Å². The summed E-state index contributed by atoms with van der Waals surface area (Å²) in [6, 6.07) is 0. The van der Waals surface area contributed by atoms with Crippen LogP contribution in [-0.2, 0) is 0 Å². The van der Waals surface area contributed by atoms with E-state index in [2.05, 4.69) is 4.98 Å². The molecule has 0 spiro atoms. The summed E-state index contributed by atoms with van der Waals surface area (Å²) in [6.07, 6.45) is 0. The quantitative estimate of drug-likeness (QED) is 0.503. The fraction of sp³-hybridized carbons (Fsp3) is 0.400. The van der Waals surface area contributed by atoms with E-state index < -0.39 is 6.85 Å². The number of thiazole rings is 1. The minimum atomic E-state index is -2.04. The van der Waals surface area contributed by atoms with Crippen LogP contribution in [-0.4, -0.2) is 4.98 Å². The summed E-state index contributed by atoms with van der Waals surface area (Å²) in [5.74, 6) is 0. The summed E-state index contributed by atoms with van der Waals surface area (Å²) in [6.45, 7) is -0.245. The van der Waals surface area contributed by atoms with Crippen LogP contribution in [0.15, 0.2) is 5.38 Å². The van der Waals surface area contributed by atoms with Gasteiger partial charge in [0.2, 0.25) is 0 Å². The molecular weight excluding hydrogens is 106 g/mol. The molecule has 0 saturated heterocycles. The van der Waals surface area contributed by atoms with Crippen LogP contribution in [0.25, 0.3) is 0 Å². The van der Waals surface area contributed by atoms with Gasteiger partial charge < -0.3 is 0 Å². The predicted molar refractivity (Wildman–Crippen MR) is 31.6 cm³/mol. The van der Waals surface area contributed by atoms with E-state index in [0.717, 1.165) is 5.01 Å². The van der Waals surface area contributed by atoms with E-state index in [1.54, 1.807) is 12.3 Å². The molecule has 0 aliphatic rings. The molecule has 0 saturated carbocycles. The van der Waals surface area contributed by atoms with E-state index in [1.807, 2.05) is 0 Å². The van der Waals surface area contributed by atoms with Crippen molar-refractivity contribution in [1.29, 1.82) is 0 Å². The molecule has 1 rings (SSSR count). The molecule has 0 radical (unpaired) electrons. The van der Waals surface area contributed by atoms with Crippen LogP contribution < -0.4 is 0 Å². The maximum Gasteiger partial charge on any atom is 0.0897 e. The number of rotatable bonds is 0. The third kappa shape index (κ3) is 0.996. The zero-order valence-corrected chi connectivity index (χ0v) is 4.75. The molecule has 0 aromatic carbocycles. The molecule has 1 heterocycles. The van der Waals surface area contributed by atoms with Gasteiger partial charge in [-0.3, -0.25) is 0 Å². The van der Waals surface area contributed by atoms with E-state index in [9.17, 15) is 0 Å². The Kier molecular flexibility index (Phi) is 0.525. The lowest BCUT2D eigenvalue weighted by molar-refractivity contribution is 1.20. The van der Waals surface area contributed by atoms with Gasteiger partial charge in [-0.15, -0.1) is 11.3 Å². The highest BCUT2D eigenvalue weighted by Gasteiger charge is 1.85. The largest absolute Gasteiger partial charge is 0.247 e. The third-order valence-electron chi connectivity index (χ3n) is 0.619. The van der Waals surface area contributed by atoms with E-state index in [4.69, 9.17) is 4.11 Å². The second kappa shape index (κ2) is 1.62. The highest BCUT2D eigenvalue weighted by Crippen LogP contribution is 2.04. The monoisotopic (exact) mass is 116 g/mol. The second-order valence-electron chi connectivity index (χ2n) is 1.25. The molecule has 7 heavy (non-hydrogen) atoms. The van der Waals surface area contributed by atoms with E-state index in [1.165, 1.54) is 11.3 Å². The summed E-state index contributed by atoms with van der Waals surface area (Å²) < 4.78 is 20.9. The predicted octanol–water partition coefficient (Wildman–Crippen LogP) is 1.76. The van der Waals surface area contributed by atoms with Crippen LogP contribution in [0, 0.1) is 13.8 Å². The normalized spacial score (nSPS) is 17.6. The Morgan fingerprint density at radius 2 is 2.86 bits per heavy atom. The van der Waals surface area contributed by atoms with Gasteiger partial charge in [-0.05, 0) is 13.8 Å². The van der Waals surface area contributed by atoms with Crippen molar-refractivity contribution >= 4 is 11.3 Å². The molecule has 0 aliphatic heterocycles. The molecule has 0 atom stereocenters. The zero-order chi connectivity index (χ0) is 7.78. The van der Waals surface area contributed by atoms with Gasteiger partial charge in [-0.25, -0.2) is 4.98 Å². The summed E-state index contributed by atoms with van der Waals surface area (Å²) in [4.78, 5) is 3.84. The van der Waals surface area contributed by atoms with E-state index in [0.29, 0.717) is 0 Å². The smallest absolute Gasteiger partial charge is 0.0897 e. The Hall–Kier alpha value is -0.370. The fourth-order valence-corrected chi connectivity index (χ4v) is 0.849. The first-order chi connectivity index (χ1) is 4.50. The van der Waals surface area contributed by atoms with Crippen molar-refractivity contribution in [3.05, 3.63) is 16.1 Å². The Balaban J connectivity index is 2.96. The van der Waals surface area contributed by atoms with Gasteiger partial charge in [0.1, 0.15) is 0 Å². The number of aromatic nitrogens is 1. The van der Waals surface area contributed by atoms with Crippen molar-refractivity contribution in [2.45, 2.75) is 13.8 Å². The van der Waals surface area contributed by atoms with Crippen LogP contribution in [0.2, 0.25) is 0 Å². The molecule has 2 heteroatoms. The maximum absolute atomic E-state index is 6.96. The van der Waals surface area contributed by atoms with Gasteiger partial charge in [0.05, 0.1) is 5.01 Å².